The Balaban J connectivity index is 1.94. The highest BCUT2D eigenvalue weighted by Crippen LogP contribution is 2.41. The van der Waals surface area contributed by atoms with Gasteiger partial charge in [-0.1, -0.05) is 37.6 Å². The van der Waals surface area contributed by atoms with Crippen LogP contribution in [0.5, 0.6) is 0 Å². The molecule has 4 heteroatoms. The molecule has 1 aromatic carbocycles. The van der Waals surface area contributed by atoms with E-state index in [2.05, 4.69) is 12.2 Å². The van der Waals surface area contributed by atoms with E-state index >= 15 is 0 Å². The molecule has 19 heavy (non-hydrogen) atoms. The van der Waals surface area contributed by atoms with Gasteiger partial charge < -0.3 is 10.4 Å². The molecule has 0 aliphatic heterocycles. The summed E-state index contributed by atoms with van der Waals surface area (Å²) in [7, 11) is 0. The zero-order chi connectivity index (χ0) is 13.9. The maximum atomic E-state index is 12.0. The van der Waals surface area contributed by atoms with E-state index in [4.69, 9.17) is 5.11 Å². The van der Waals surface area contributed by atoms with Crippen molar-refractivity contribution in [3.05, 3.63) is 35.4 Å². The van der Waals surface area contributed by atoms with E-state index in [1.54, 1.807) is 0 Å². The van der Waals surface area contributed by atoms with Crippen molar-refractivity contribution in [2.24, 2.45) is 5.41 Å². The molecule has 0 atom stereocenters. The number of nitrogens with one attached hydrogen (secondary N) is 1. The number of carboxylic acid groups (broad SMARTS) is 1. The minimum Gasteiger partial charge on any atom is -0.480 e. The highest BCUT2D eigenvalue weighted by molar-refractivity contribution is 6.02. The third kappa shape index (κ3) is 2.62. The Morgan fingerprint density at radius 1 is 1.21 bits per heavy atom. The summed E-state index contributed by atoms with van der Waals surface area (Å²) in [6.45, 7) is 2.47. The molecule has 0 radical (unpaired) electrons. The summed E-state index contributed by atoms with van der Waals surface area (Å²) in [6.07, 6.45) is 2.69. The zero-order valence-electron chi connectivity index (χ0n) is 11.1. The minimum absolute atomic E-state index is 0.356. The summed E-state index contributed by atoms with van der Waals surface area (Å²) in [4.78, 5) is 23.2. The van der Waals surface area contributed by atoms with Gasteiger partial charge in [0.25, 0.3) is 0 Å². The van der Waals surface area contributed by atoms with Gasteiger partial charge in [0.15, 0.2) is 0 Å². The summed E-state index contributed by atoms with van der Waals surface area (Å²) in [5.74, 6) is -1.36. The van der Waals surface area contributed by atoms with Gasteiger partial charge in [-0.25, -0.2) is 0 Å². The number of carbonyl (C=O) groups excluding carboxylic acids is 1. The van der Waals surface area contributed by atoms with Crippen LogP contribution in [0.1, 0.15) is 37.3 Å². The predicted molar refractivity (Wildman–Crippen MR) is 71.6 cm³/mol. The fourth-order valence-corrected chi connectivity index (χ4v) is 2.31. The predicted octanol–water partition coefficient (Wildman–Crippen LogP) is 2.12. The molecule has 2 N–H and O–H groups in total. The number of aliphatic carboxylic acids is 1. The molecule has 1 aliphatic carbocycles. The molecule has 0 aromatic heterocycles. The molecule has 1 amide bonds. The first kappa shape index (κ1) is 13.6. The van der Waals surface area contributed by atoms with Gasteiger partial charge in [-0.2, -0.15) is 0 Å². The third-order valence-electron chi connectivity index (χ3n) is 3.94. The van der Waals surface area contributed by atoms with E-state index in [0.29, 0.717) is 19.4 Å². The maximum Gasteiger partial charge on any atom is 0.319 e. The van der Waals surface area contributed by atoms with Gasteiger partial charge in [0.05, 0.1) is 0 Å². The van der Waals surface area contributed by atoms with Crippen LogP contribution in [0.4, 0.5) is 0 Å². The van der Waals surface area contributed by atoms with Gasteiger partial charge in [-0.3, -0.25) is 9.59 Å². The standard InChI is InChI=1S/C15H19NO3/c1-2-11-4-6-12(7-5-11)10-16-13(17)15(14(18)19)8-3-9-15/h4-7H,2-3,8-10H2,1H3,(H,16,17)(H,18,19). The second-order valence-electron chi connectivity index (χ2n) is 5.09. The van der Waals surface area contributed by atoms with Crippen LogP contribution in [0, 0.1) is 5.41 Å². The summed E-state index contributed by atoms with van der Waals surface area (Å²) in [5.41, 5.74) is 1.06. The second-order valence-corrected chi connectivity index (χ2v) is 5.09. The summed E-state index contributed by atoms with van der Waals surface area (Å²) in [6, 6.07) is 7.98. The van der Waals surface area contributed by atoms with Crippen LogP contribution >= 0.6 is 0 Å². The van der Waals surface area contributed by atoms with Gasteiger partial charge in [0, 0.05) is 6.54 Å². The SMILES string of the molecule is CCc1ccc(CNC(=O)C2(C(=O)O)CCC2)cc1. The van der Waals surface area contributed by atoms with E-state index in [1.807, 2.05) is 24.3 Å². The number of amides is 1. The van der Waals surface area contributed by atoms with Crippen LogP contribution in [0.25, 0.3) is 0 Å². The highest BCUT2D eigenvalue weighted by atomic mass is 16.4. The Labute approximate surface area is 112 Å². The van der Waals surface area contributed by atoms with Gasteiger partial charge in [0.1, 0.15) is 5.41 Å². The highest BCUT2D eigenvalue weighted by Gasteiger charge is 2.50. The molecule has 0 saturated heterocycles. The molecule has 4 nitrogen and oxygen atoms in total. The van der Waals surface area contributed by atoms with Gasteiger partial charge in [0.2, 0.25) is 5.91 Å². The van der Waals surface area contributed by atoms with Crippen molar-refractivity contribution < 1.29 is 14.7 Å². The van der Waals surface area contributed by atoms with Crippen molar-refractivity contribution in [1.29, 1.82) is 0 Å². The van der Waals surface area contributed by atoms with Gasteiger partial charge in [-0.15, -0.1) is 0 Å². The van der Waals surface area contributed by atoms with Crippen molar-refractivity contribution in [3.8, 4) is 0 Å². The molecule has 0 unspecified atom stereocenters. The van der Waals surface area contributed by atoms with E-state index in [-0.39, 0.29) is 5.91 Å². The fraction of sp³-hybridized carbons (Fsp3) is 0.467. The lowest BCUT2D eigenvalue weighted by atomic mass is 9.68. The van der Waals surface area contributed by atoms with E-state index < -0.39 is 11.4 Å². The quantitative estimate of drug-likeness (QED) is 0.798. The van der Waals surface area contributed by atoms with Crippen molar-refractivity contribution in [3.63, 3.8) is 0 Å². The Morgan fingerprint density at radius 3 is 2.21 bits per heavy atom. The number of carboxylic acids is 1. The lowest BCUT2D eigenvalue weighted by Gasteiger charge is -2.35. The largest absolute Gasteiger partial charge is 0.480 e. The Morgan fingerprint density at radius 2 is 1.79 bits per heavy atom. The molecule has 0 spiro atoms. The average molecular weight is 261 g/mol. The molecule has 1 aromatic rings. The molecule has 102 valence electrons. The normalized spacial score (nSPS) is 16.5. The van der Waals surface area contributed by atoms with Crippen molar-refractivity contribution in [2.75, 3.05) is 0 Å². The van der Waals surface area contributed by atoms with Crippen LogP contribution in [0.15, 0.2) is 24.3 Å². The summed E-state index contributed by atoms with van der Waals surface area (Å²) >= 11 is 0. The fourth-order valence-electron chi connectivity index (χ4n) is 2.31. The van der Waals surface area contributed by atoms with Crippen molar-refractivity contribution >= 4 is 11.9 Å². The molecule has 0 heterocycles. The van der Waals surface area contributed by atoms with E-state index in [9.17, 15) is 9.59 Å². The van der Waals surface area contributed by atoms with Crippen molar-refractivity contribution in [2.45, 2.75) is 39.2 Å². The molecule has 1 fully saturated rings. The van der Waals surface area contributed by atoms with E-state index in [1.165, 1.54) is 5.56 Å². The molecular weight excluding hydrogens is 242 g/mol. The maximum absolute atomic E-state index is 12.0. The summed E-state index contributed by atoms with van der Waals surface area (Å²) in [5, 5.41) is 11.9. The molecular formula is C15H19NO3. The zero-order valence-corrected chi connectivity index (χ0v) is 11.1. The first-order valence-electron chi connectivity index (χ1n) is 6.68. The Hall–Kier alpha value is -1.84. The number of hydrogen-bond donors (Lipinski definition) is 2. The van der Waals surface area contributed by atoms with Crippen LogP contribution in [0.3, 0.4) is 0 Å². The smallest absolute Gasteiger partial charge is 0.319 e. The van der Waals surface area contributed by atoms with E-state index in [0.717, 1.165) is 18.4 Å². The first-order valence-corrected chi connectivity index (χ1v) is 6.68. The van der Waals surface area contributed by atoms with Crippen molar-refractivity contribution in [1.82, 2.24) is 5.32 Å². The lowest BCUT2D eigenvalue weighted by Crippen LogP contribution is -2.50. The van der Waals surface area contributed by atoms with Gasteiger partial charge in [-0.05, 0) is 30.4 Å². The number of carbonyl (C=O) groups is 2. The van der Waals surface area contributed by atoms with Crippen LogP contribution in [-0.4, -0.2) is 17.0 Å². The van der Waals surface area contributed by atoms with Crippen LogP contribution in [-0.2, 0) is 22.6 Å². The molecule has 0 bridgehead atoms. The monoisotopic (exact) mass is 261 g/mol. The number of benzene rings is 1. The third-order valence-corrected chi connectivity index (χ3v) is 3.94. The molecule has 1 saturated carbocycles. The summed E-state index contributed by atoms with van der Waals surface area (Å²) < 4.78 is 0. The van der Waals surface area contributed by atoms with Crippen LogP contribution in [0.2, 0.25) is 0 Å². The Bertz CT molecular complexity index is 475. The number of aryl methyl sites for hydroxylation is 1. The topological polar surface area (TPSA) is 66.4 Å². The first-order chi connectivity index (χ1) is 9.08. The number of rotatable bonds is 5. The van der Waals surface area contributed by atoms with Crippen LogP contribution < -0.4 is 5.32 Å². The molecule has 2 rings (SSSR count). The molecule has 1 aliphatic rings. The second kappa shape index (κ2) is 5.43. The van der Waals surface area contributed by atoms with Gasteiger partial charge >= 0.3 is 5.97 Å². The number of hydrogen-bond acceptors (Lipinski definition) is 2. The average Bonchev–Trinajstić information content (AvgIpc) is 2.35. The Kier molecular flexibility index (Phi) is 3.88. The lowest BCUT2D eigenvalue weighted by molar-refractivity contribution is -0.162. The minimum atomic E-state index is -1.18.